The Morgan fingerprint density at radius 2 is 1.81 bits per heavy atom. The molecule has 1 fully saturated rings. The van der Waals surface area contributed by atoms with Crippen LogP contribution in [0.25, 0.3) is 0 Å². The molecule has 0 aliphatic carbocycles. The van der Waals surface area contributed by atoms with Crippen molar-refractivity contribution in [1.29, 1.82) is 0 Å². The summed E-state index contributed by atoms with van der Waals surface area (Å²) in [5.41, 5.74) is 1.46. The van der Waals surface area contributed by atoms with Gasteiger partial charge in [-0.05, 0) is 38.0 Å². The van der Waals surface area contributed by atoms with Crippen LogP contribution >= 0.6 is 0 Å². The summed E-state index contributed by atoms with van der Waals surface area (Å²) in [6.45, 7) is 3.55. The van der Waals surface area contributed by atoms with Gasteiger partial charge in [0, 0.05) is 24.2 Å². The lowest BCUT2D eigenvalue weighted by Gasteiger charge is -2.32. The number of carbonyl (C=O) groups is 2. The maximum absolute atomic E-state index is 13.1. The number of ether oxygens (including phenoxy) is 2. The first-order chi connectivity index (χ1) is 13.2. The van der Waals surface area contributed by atoms with E-state index >= 15 is 0 Å². The number of nitrogens with zero attached hydrogens (tertiary/aromatic N) is 1. The van der Waals surface area contributed by atoms with Crippen LogP contribution in [0, 0.1) is 5.92 Å². The Labute approximate surface area is 159 Å². The second kappa shape index (κ2) is 9.21. The van der Waals surface area contributed by atoms with Gasteiger partial charge in [-0.2, -0.15) is 0 Å². The maximum atomic E-state index is 13.1. The lowest BCUT2D eigenvalue weighted by atomic mass is 9.97. The summed E-state index contributed by atoms with van der Waals surface area (Å²) in [7, 11) is 0. The summed E-state index contributed by atoms with van der Waals surface area (Å²) < 4.78 is 10.9. The van der Waals surface area contributed by atoms with Crippen LogP contribution in [0.2, 0.25) is 0 Å². The fourth-order valence-electron chi connectivity index (χ4n) is 3.32. The molecule has 0 spiro atoms. The average Bonchev–Trinajstić information content (AvgIpc) is 2.73. The molecule has 5 nitrogen and oxygen atoms in total. The second-order valence-corrected chi connectivity index (χ2v) is 6.60. The van der Waals surface area contributed by atoms with Crippen molar-refractivity contribution in [3.8, 4) is 5.75 Å². The van der Waals surface area contributed by atoms with E-state index < -0.39 is 0 Å². The summed E-state index contributed by atoms with van der Waals surface area (Å²) in [5, 5.41) is 0. The van der Waals surface area contributed by atoms with Gasteiger partial charge in [-0.15, -0.1) is 0 Å². The van der Waals surface area contributed by atoms with Crippen molar-refractivity contribution in [2.45, 2.75) is 26.4 Å². The second-order valence-electron chi connectivity index (χ2n) is 6.60. The normalized spacial score (nSPS) is 16.6. The molecule has 1 aliphatic rings. The van der Waals surface area contributed by atoms with Crippen molar-refractivity contribution in [2.24, 2.45) is 5.92 Å². The van der Waals surface area contributed by atoms with Crippen LogP contribution < -0.4 is 4.74 Å². The van der Waals surface area contributed by atoms with Crippen LogP contribution in [-0.4, -0.2) is 36.5 Å². The number of amides is 1. The van der Waals surface area contributed by atoms with Gasteiger partial charge in [-0.25, -0.2) is 0 Å². The van der Waals surface area contributed by atoms with Crippen molar-refractivity contribution in [3.63, 3.8) is 0 Å². The molecule has 2 aromatic rings. The summed E-state index contributed by atoms with van der Waals surface area (Å²) in [4.78, 5) is 26.9. The highest BCUT2D eigenvalue weighted by Gasteiger charge is 2.30. The number of benzene rings is 2. The van der Waals surface area contributed by atoms with E-state index in [4.69, 9.17) is 9.47 Å². The molecule has 0 bridgehead atoms. The first-order valence-corrected chi connectivity index (χ1v) is 9.40. The molecular weight excluding hydrogens is 342 g/mol. The molecule has 1 heterocycles. The van der Waals surface area contributed by atoms with E-state index in [1.807, 2.05) is 54.6 Å². The van der Waals surface area contributed by atoms with Crippen molar-refractivity contribution in [3.05, 3.63) is 65.7 Å². The van der Waals surface area contributed by atoms with E-state index in [-0.39, 0.29) is 17.8 Å². The lowest BCUT2D eigenvalue weighted by Crippen LogP contribution is -2.43. The van der Waals surface area contributed by atoms with Crippen molar-refractivity contribution in [1.82, 2.24) is 4.90 Å². The van der Waals surface area contributed by atoms with Gasteiger partial charge in [0.05, 0.1) is 12.5 Å². The van der Waals surface area contributed by atoms with Crippen LogP contribution in [0.1, 0.15) is 35.7 Å². The van der Waals surface area contributed by atoms with E-state index in [1.54, 1.807) is 11.8 Å². The molecule has 1 unspecified atom stereocenters. The summed E-state index contributed by atoms with van der Waals surface area (Å²) in [6.07, 6.45) is 1.57. The molecule has 5 heteroatoms. The highest BCUT2D eigenvalue weighted by molar-refractivity contribution is 5.96. The standard InChI is InChI=1S/C22H25NO4/c1-2-26-22(25)17-10-8-14-23(15-17)21(24)20-13-7-6-9-18(20)16-27-19-11-4-3-5-12-19/h3-7,9,11-13,17H,2,8,10,14-16H2,1H3. The number of piperidine rings is 1. The monoisotopic (exact) mass is 367 g/mol. The highest BCUT2D eigenvalue weighted by Crippen LogP contribution is 2.22. The molecular formula is C22H25NO4. The molecule has 3 rings (SSSR count). The largest absolute Gasteiger partial charge is 0.489 e. The van der Waals surface area contributed by atoms with Gasteiger partial charge < -0.3 is 14.4 Å². The van der Waals surface area contributed by atoms with Crippen LogP contribution in [0.3, 0.4) is 0 Å². The number of esters is 1. The molecule has 1 aliphatic heterocycles. The third kappa shape index (κ3) is 4.88. The van der Waals surface area contributed by atoms with Gasteiger partial charge in [0.1, 0.15) is 12.4 Å². The van der Waals surface area contributed by atoms with Crippen molar-refractivity contribution < 1.29 is 19.1 Å². The summed E-state index contributed by atoms with van der Waals surface area (Å²) in [6, 6.07) is 17.0. The zero-order valence-corrected chi connectivity index (χ0v) is 15.6. The fraction of sp³-hybridized carbons (Fsp3) is 0.364. The summed E-state index contributed by atoms with van der Waals surface area (Å²) >= 11 is 0. The van der Waals surface area contributed by atoms with E-state index in [0.29, 0.717) is 31.9 Å². The number of carbonyl (C=O) groups excluding carboxylic acids is 2. The van der Waals surface area contributed by atoms with E-state index in [1.165, 1.54) is 0 Å². The minimum absolute atomic E-state index is 0.0590. The van der Waals surface area contributed by atoms with Crippen LogP contribution in [0.15, 0.2) is 54.6 Å². The third-order valence-corrected chi connectivity index (χ3v) is 4.71. The first-order valence-electron chi connectivity index (χ1n) is 9.40. The van der Waals surface area contributed by atoms with Crippen molar-refractivity contribution >= 4 is 11.9 Å². The number of likely N-dealkylation sites (tertiary alicyclic amines) is 1. The van der Waals surface area contributed by atoms with Gasteiger partial charge in [-0.3, -0.25) is 9.59 Å². The van der Waals surface area contributed by atoms with Crippen LogP contribution in [0.4, 0.5) is 0 Å². The first kappa shape index (κ1) is 19.0. The molecule has 1 saturated heterocycles. The fourth-order valence-corrected chi connectivity index (χ4v) is 3.32. The minimum Gasteiger partial charge on any atom is -0.489 e. The average molecular weight is 367 g/mol. The van der Waals surface area contributed by atoms with Gasteiger partial charge in [0.15, 0.2) is 0 Å². The number of hydrogen-bond donors (Lipinski definition) is 0. The Hall–Kier alpha value is -2.82. The number of para-hydroxylation sites is 1. The lowest BCUT2D eigenvalue weighted by molar-refractivity contribution is -0.149. The summed E-state index contributed by atoms with van der Waals surface area (Å²) in [5.74, 6) is 0.252. The SMILES string of the molecule is CCOC(=O)C1CCCN(C(=O)c2ccccc2COc2ccccc2)C1. The zero-order chi connectivity index (χ0) is 19.1. The molecule has 0 N–H and O–H groups in total. The molecule has 0 saturated carbocycles. The Morgan fingerprint density at radius 3 is 2.59 bits per heavy atom. The topological polar surface area (TPSA) is 55.8 Å². The third-order valence-electron chi connectivity index (χ3n) is 4.71. The Balaban J connectivity index is 1.70. The Bertz CT molecular complexity index is 775. The van der Waals surface area contributed by atoms with E-state index in [9.17, 15) is 9.59 Å². The molecule has 1 atom stereocenters. The van der Waals surface area contributed by atoms with Crippen LogP contribution in [0.5, 0.6) is 5.75 Å². The zero-order valence-electron chi connectivity index (χ0n) is 15.6. The van der Waals surface area contributed by atoms with Gasteiger partial charge in [-0.1, -0.05) is 36.4 Å². The van der Waals surface area contributed by atoms with E-state index in [2.05, 4.69) is 0 Å². The van der Waals surface area contributed by atoms with Gasteiger partial charge in [0.25, 0.3) is 5.91 Å². The predicted octanol–water partition coefficient (Wildman–Crippen LogP) is 3.68. The highest BCUT2D eigenvalue weighted by atomic mass is 16.5. The smallest absolute Gasteiger partial charge is 0.310 e. The predicted molar refractivity (Wildman–Crippen MR) is 102 cm³/mol. The molecule has 142 valence electrons. The Morgan fingerprint density at radius 1 is 1.07 bits per heavy atom. The van der Waals surface area contributed by atoms with Gasteiger partial charge >= 0.3 is 5.97 Å². The van der Waals surface area contributed by atoms with Crippen molar-refractivity contribution in [2.75, 3.05) is 19.7 Å². The maximum Gasteiger partial charge on any atom is 0.310 e. The quantitative estimate of drug-likeness (QED) is 0.731. The molecule has 0 aromatic heterocycles. The molecule has 1 amide bonds. The minimum atomic E-state index is -0.240. The van der Waals surface area contributed by atoms with E-state index in [0.717, 1.165) is 24.2 Å². The van der Waals surface area contributed by atoms with Gasteiger partial charge in [0.2, 0.25) is 0 Å². The number of rotatable bonds is 6. The molecule has 27 heavy (non-hydrogen) atoms. The number of hydrogen-bond acceptors (Lipinski definition) is 4. The molecule has 0 radical (unpaired) electrons. The van der Waals surface area contributed by atoms with Crippen LogP contribution in [-0.2, 0) is 16.1 Å². The molecule has 2 aromatic carbocycles. The Kier molecular flexibility index (Phi) is 6.47.